The maximum absolute atomic E-state index is 13.0. The van der Waals surface area contributed by atoms with Crippen LogP contribution in [-0.4, -0.2) is 59.1 Å². The number of nitrogens with zero attached hydrogens (tertiary/aromatic N) is 4. The van der Waals surface area contributed by atoms with E-state index in [0.29, 0.717) is 17.3 Å². The maximum Gasteiger partial charge on any atom is 0.253 e. The lowest BCUT2D eigenvalue weighted by Gasteiger charge is -2.24. The topological polar surface area (TPSA) is 62.5 Å². The minimum atomic E-state index is 0.0493. The SMILES string of the molecule is Cc1nnc(-c2ccccc2-c2cccc(C(=O)N(C)[C@@H]3CCN(C)C3)c2)o1. The molecule has 2 aromatic carbocycles. The first-order chi connectivity index (χ1) is 13.5. The summed E-state index contributed by atoms with van der Waals surface area (Å²) in [5.74, 6) is 1.06. The molecule has 144 valence electrons. The monoisotopic (exact) mass is 376 g/mol. The molecule has 3 aromatic rings. The van der Waals surface area contributed by atoms with Crippen LogP contribution in [0.4, 0.5) is 0 Å². The lowest BCUT2D eigenvalue weighted by atomic mass is 9.97. The van der Waals surface area contributed by atoms with Gasteiger partial charge in [0.15, 0.2) is 0 Å². The van der Waals surface area contributed by atoms with Gasteiger partial charge in [0.25, 0.3) is 5.91 Å². The number of likely N-dealkylation sites (tertiary alicyclic amines) is 1. The molecule has 0 aliphatic carbocycles. The Bertz CT molecular complexity index is 997. The maximum atomic E-state index is 13.0. The summed E-state index contributed by atoms with van der Waals surface area (Å²) in [5, 5.41) is 8.09. The number of likely N-dealkylation sites (N-methyl/N-ethyl adjacent to an activating group) is 2. The average Bonchev–Trinajstić information content (AvgIpc) is 3.35. The van der Waals surface area contributed by atoms with Gasteiger partial charge in [-0.25, -0.2) is 0 Å². The van der Waals surface area contributed by atoms with E-state index in [0.717, 1.165) is 36.2 Å². The van der Waals surface area contributed by atoms with E-state index in [9.17, 15) is 4.79 Å². The van der Waals surface area contributed by atoms with Gasteiger partial charge in [0.1, 0.15) is 0 Å². The Morgan fingerprint density at radius 3 is 2.61 bits per heavy atom. The first-order valence-corrected chi connectivity index (χ1v) is 9.48. The summed E-state index contributed by atoms with van der Waals surface area (Å²) >= 11 is 0. The summed E-state index contributed by atoms with van der Waals surface area (Å²) < 4.78 is 5.62. The quantitative estimate of drug-likeness (QED) is 0.697. The average molecular weight is 376 g/mol. The van der Waals surface area contributed by atoms with E-state index in [1.165, 1.54) is 0 Å². The van der Waals surface area contributed by atoms with Crippen molar-refractivity contribution in [3.63, 3.8) is 0 Å². The molecular formula is C22H24N4O2. The van der Waals surface area contributed by atoms with Crippen molar-refractivity contribution < 1.29 is 9.21 Å². The van der Waals surface area contributed by atoms with E-state index in [-0.39, 0.29) is 11.9 Å². The minimum Gasteiger partial charge on any atom is -0.421 e. The Morgan fingerprint density at radius 2 is 1.93 bits per heavy atom. The normalized spacial score (nSPS) is 17.0. The van der Waals surface area contributed by atoms with Crippen LogP contribution in [0.2, 0.25) is 0 Å². The van der Waals surface area contributed by atoms with Gasteiger partial charge in [0.05, 0.1) is 0 Å². The summed E-state index contributed by atoms with van der Waals surface area (Å²) in [5.41, 5.74) is 3.46. The fraction of sp³-hybridized carbons (Fsp3) is 0.318. The number of carbonyl (C=O) groups excluding carboxylic acids is 1. The molecule has 0 spiro atoms. The predicted molar refractivity (Wildman–Crippen MR) is 108 cm³/mol. The van der Waals surface area contributed by atoms with Crippen molar-refractivity contribution in [3.05, 3.63) is 60.0 Å². The fourth-order valence-corrected chi connectivity index (χ4v) is 3.74. The second kappa shape index (κ2) is 7.56. The van der Waals surface area contributed by atoms with E-state index in [1.54, 1.807) is 6.92 Å². The number of carbonyl (C=O) groups is 1. The number of rotatable bonds is 4. The molecule has 1 saturated heterocycles. The van der Waals surface area contributed by atoms with Gasteiger partial charge in [-0.2, -0.15) is 0 Å². The van der Waals surface area contributed by atoms with Crippen LogP contribution in [-0.2, 0) is 0 Å². The summed E-state index contributed by atoms with van der Waals surface area (Å²) in [7, 11) is 3.99. The summed E-state index contributed by atoms with van der Waals surface area (Å²) in [6.45, 7) is 3.72. The van der Waals surface area contributed by atoms with Crippen LogP contribution in [0.25, 0.3) is 22.6 Å². The van der Waals surface area contributed by atoms with Crippen LogP contribution >= 0.6 is 0 Å². The van der Waals surface area contributed by atoms with E-state index in [1.807, 2.05) is 60.5 Å². The van der Waals surface area contributed by atoms with Crippen molar-refractivity contribution in [1.29, 1.82) is 0 Å². The van der Waals surface area contributed by atoms with Crippen LogP contribution in [0, 0.1) is 6.92 Å². The molecule has 6 heteroatoms. The molecule has 1 aliphatic rings. The molecule has 0 radical (unpaired) electrons. The molecule has 1 aromatic heterocycles. The van der Waals surface area contributed by atoms with E-state index in [2.05, 4.69) is 22.1 Å². The van der Waals surface area contributed by atoms with Crippen LogP contribution in [0.5, 0.6) is 0 Å². The van der Waals surface area contributed by atoms with Crippen LogP contribution in [0.1, 0.15) is 22.7 Å². The Hall–Kier alpha value is -2.99. The molecule has 1 fully saturated rings. The Morgan fingerprint density at radius 1 is 1.14 bits per heavy atom. The smallest absolute Gasteiger partial charge is 0.253 e. The van der Waals surface area contributed by atoms with Crippen LogP contribution in [0.3, 0.4) is 0 Å². The van der Waals surface area contributed by atoms with Gasteiger partial charge in [0, 0.05) is 37.7 Å². The lowest BCUT2D eigenvalue weighted by molar-refractivity contribution is 0.0737. The molecule has 28 heavy (non-hydrogen) atoms. The third kappa shape index (κ3) is 3.55. The zero-order chi connectivity index (χ0) is 19.7. The highest BCUT2D eigenvalue weighted by molar-refractivity contribution is 5.96. The number of benzene rings is 2. The molecule has 0 unspecified atom stereocenters. The first kappa shape index (κ1) is 18.4. The molecule has 1 atom stereocenters. The van der Waals surface area contributed by atoms with Gasteiger partial charge in [-0.1, -0.05) is 30.3 Å². The van der Waals surface area contributed by atoms with Crippen molar-refractivity contribution in [2.45, 2.75) is 19.4 Å². The summed E-state index contributed by atoms with van der Waals surface area (Å²) in [4.78, 5) is 17.2. The van der Waals surface area contributed by atoms with Gasteiger partial charge >= 0.3 is 0 Å². The molecule has 0 bridgehead atoms. The van der Waals surface area contributed by atoms with E-state index in [4.69, 9.17) is 4.42 Å². The van der Waals surface area contributed by atoms with Crippen LogP contribution < -0.4 is 0 Å². The fourth-order valence-electron chi connectivity index (χ4n) is 3.74. The second-order valence-electron chi connectivity index (χ2n) is 7.37. The molecule has 1 amide bonds. The molecule has 6 nitrogen and oxygen atoms in total. The van der Waals surface area contributed by atoms with Crippen molar-refractivity contribution in [1.82, 2.24) is 20.0 Å². The predicted octanol–water partition coefficient (Wildman–Crippen LogP) is 3.49. The van der Waals surface area contributed by atoms with Gasteiger partial charge in [0.2, 0.25) is 11.8 Å². The van der Waals surface area contributed by atoms with Crippen molar-refractivity contribution >= 4 is 5.91 Å². The third-order valence-electron chi connectivity index (χ3n) is 5.34. The molecule has 0 saturated carbocycles. The summed E-state index contributed by atoms with van der Waals surface area (Å²) in [6, 6.07) is 15.9. The van der Waals surface area contributed by atoms with E-state index >= 15 is 0 Å². The number of aryl methyl sites for hydroxylation is 1. The van der Waals surface area contributed by atoms with Gasteiger partial charge in [-0.15, -0.1) is 10.2 Å². The Kier molecular flexibility index (Phi) is 4.96. The first-order valence-electron chi connectivity index (χ1n) is 9.48. The summed E-state index contributed by atoms with van der Waals surface area (Å²) in [6.07, 6.45) is 1.01. The number of hydrogen-bond donors (Lipinski definition) is 0. The number of amides is 1. The number of aromatic nitrogens is 2. The number of hydrogen-bond acceptors (Lipinski definition) is 5. The zero-order valence-electron chi connectivity index (χ0n) is 16.4. The van der Waals surface area contributed by atoms with Gasteiger partial charge in [-0.3, -0.25) is 4.79 Å². The molecular weight excluding hydrogens is 352 g/mol. The van der Waals surface area contributed by atoms with E-state index < -0.39 is 0 Å². The Balaban J connectivity index is 1.66. The van der Waals surface area contributed by atoms with Gasteiger partial charge < -0.3 is 14.2 Å². The van der Waals surface area contributed by atoms with Crippen molar-refractivity contribution in [2.24, 2.45) is 0 Å². The highest BCUT2D eigenvalue weighted by atomic mass is 16.4. The molecule has 0 N–H and O–H groups in total. The molecule has 1 aliphatic heterocycles. The molecule has 2 heterocycles. The highest BCUT2D eigenvalue weighted by Gasteiger charge is 2.27. The highest BCUT2D eigenvalue weighted by Crippen LogP contribution is 2.32. The molecule has 4 rings (SSSR count). The largest absolute Gasteiger partial charge is 0.421 e. The minimum absolute atomic E-state index is 0.0493. The van der Waals surface area contributed by atoms with Crippen molar-refractivity contribution in [3.8, 4) is 22.6 Å². The second-order valence-corrected chi connectivity index (χ2v) is 7.37. The van der Waals surface area contributed by atoms with Crippen LogP contribution in [0.15, 0.2) is 52.9 Å². The van der Waals surface area contributed by atoms with Gasteiger partial charge in [-0.05, 0) is 49.3 Å². The van der Waals surface area contributed by atoms with Crippen molar-refractivity contribution in [2.75, 3.05) is 27.2 Å². The Labute approximate surface area is 164 Å². The zero-order valence-corrected chi connectivity index (χ0v) is 16.4. The standard InChI is InChI=1S/C22H24N4O2/c1-15-23-24-21(28-15)20-10-5-4-9-19(20)16-7-6-8-17(13-16)22(27)26(3)18-11-12-25(2)14-18/h4-10,13,18H,11-12,14H2,1-3H3/t18-/m1/s1. The lowest BCUT2D eigenvalue weighted by Crippen LogP contribution is -2.38. The third-order valence-corrected chi connectivity index (χ3v) is 5.34.